The molecule has 0 saturated carbocycles. The van der Waals surface area contributed by atoms with Gasteiger partial charge in [-0.15, -0.1) is 0 Å². The molecule has 1 saturated heterocycles. The summed E-state index contributed by atoms with van der Waals surface area (Å²) < 4.78 is 28.0. The predicted octanol–water partition coefficient (Wildman–Crippen LogP) is 7.53. The van der Waals surface area contributed by atoms with Crippen LogP contribution in [0.4, 0.5) is 9.59 Å². The molecule has 2 amide bonds. The summed E-state index contributed by atoms with van der Waals surface area (Å²) in [5, 5.41) is 11.3. The van der Waals surface area contributed by atoms with Crippen LogP contribution in [-0.4, -0.2) is 114 Å². The zero-order valence-corrected chi connectivity index (χ0v) is 39.4. The number of aromatic amines is 2. The van der Waals surface area contributed by atoms with E-state index in [0.29, 0.717) is 55.2 Å². The molecule has 0 bridgehead atoms. The van der Waals surface area contributed by atoms with E-state index >= 15 is 0 Å². The number of carbonyl (C=O) groups is 2. The Labute approximate surface area is 377 Å². The summed E-state index contributed by atoms with van der Waals surface area (Å²) in [5.41, 5.74) is 4.07. The van der Waals surface area contributed by atoms with E-state index in [1.807, 2.05) is 90.7 Å². The first kappa shape index (κ1) is 45.3. The molecule has 0 radical (unpaired) electrons. The summed E-state index contributed by atoms with van der Waals surface area (Å²) in [4.78, 5) is 50.5. The lowest BCUT2D eigenvalue weighted by Crippen LogP contribution is -2.45. The number of carbonyl (C=O) groups excluding carboxylic acids is 2. The monoisotopic (exact) mass is 954 g/mol. The lowest BCUT2D eigenvalue weighted by molar-refractivity contribution is 0.00578. The minimum absolute atomic E-state index is 0.306. The van der Waals surface area contributed by atoms with E-state index in [-0.39, 0.29) is 12.2 Å². The number of nitrogens with one attached hydrogen (secondary N) is 2. The number of fused-ring (bicyclic) bond motifs is 4. The average molecular weight is 957 g/mol. The van der Waals surface area contributed by atoms with Gasteiger partial charge in [0.2, 0.25) is 0 Å². The van der Waals surface area contributed by atoms with Crippen molar-refractivity contribution in [2.24, 2.45) is 0 Å². The van der Waals surface area contributed by atoms with Crippen LogP contribution >= 0.6 is 39.1 Å². The number of H-pyrrole nitrogens is 2. The quantitative estimate of drug-likeness (QED) is 0.128. The smallest absolute Gasteiger partial charge is 0.444 e. The van der Waals surface area contributed by atoms with Gasteiger partial charge >= 0.3 is 19.3 Å². The van der Waals surface area contributed by atoms with Gasteiger partial charge in [-0.1, -0.05) is 23.2 Å². The highest BCUT2D eigenvalue weighted by atomic mass is 79.9. The standard InChI is InChI=1S/C17H28BN3O4.C17H19ClN6O2.C6H3BrClN3/c1-15(2,3)23-14(22)20-8-9-21-13(11-20)12(10-19-21)18-24-16(4,5)17(6,7)25-18;1-17(2,3)26-16(25)23-4-5-24-13(8-23)11(7-21-24)12-6-10-14(18)19-9-20-15(10)22-12;7-4-1-3-5(8)9-2-10-6(3)11-4/h10H,8-9,11H2,1-7H3;6-7,9H,4-5,8H2,1-3H3,(H,19,20,22);1-2H,(H,9,10,11). The van der Waals surface area contributed by atoms with Crippen molar-refractivity contribution < 1.29 is 28.4 Å². The van der Waals surface area contributed by atoms with E-state index in [9.17, 15) is 9.59 Å². The van der Waals surface area contributed by atoms with Crippen molar-refractivity contribution in [1.29, 1.82) is 0 Å². The molecule has 9 rings (SSSR count). The van der Waals surface area contributed by atoms with Crippen molar-refractivity contribution in [2.75, 3.05) is 13.1 Å². The van der Waals surface area contributed by atoms with Gasteiger partial charge in [-0.25, -0.2) is 29.5 Å². The number of nitrogens with zero attached hydrogens (tertiary/aromatic N) is 10. The Balaban J connectivity index is 0.000000150. The number of aromatic nitrogens is 10. The Morgan fingerprint density at radius 1 is 0.726 bits per heavy atom. The number of hydrogen-bond acceptors (Lipinski definition) is 12. The maximum absolute atomic E-state index is 12.4. The molecule has 330 valence electrons. The van der Waals surface area contributed by atoms with Crippen LogP contribution in [0.25, 0.3) is 33.3 Å². The van der Waals surface area contributed by atoms with Crippen molar-refractivity contribution in [3.63, 3.8) is 0 Å². The summed E-state index contributed by atoms with van der Waals surface area (Å²) in [7, 11) is -0.479. The van der Waals surface area contributed by atoms with Gasteiger partial charge in [-0.2, -0.15) is 10.2 Å². The zero-order valence-electron chi connectivity index (χ0n) is 36.3. The summed E-state index contributed by atoms with van der Waals surface area (Å²) in [6.45, 7) is 22.5. The third kappa shape index (κ3) is 9.88. The average Bonchev–Trinajstić information content (AvgIpc) is 4.00. The lowest BCUT2D eigenvalue weighted by atomic mass is 9.79. The summed E-state index contributed by atoms with van der Waals surface area (Å²) >= 11 is 15.2. The summed E-state index contributed by atoms with van der Waals surface area (Å²) in [6, 6.07) is 3.75. The maximum Gasteiger partial charge on any atom is 0.498 e. The van der Waals surface area contributed by atoms with Crippen molar-refractivity contribution in [3.8, 4) is 11.3 Å². The van der Waals surface area contributed by atoms with Crippen LogP contribution in [-0.2, 0) is 45.0 Å². The van der Waals surface area contributed by atoms with Gasteiger partial charge in [0.15, 0.2) is 0 Å². The fourth-order valence-corrected chi connectivity index (χ4v) is 7.59. The second-order valence-electron chi connectivity index (χ2n) is 18.0. The van der Waals surface area contributed by atoms with Crippen LogP contribution in [0.15, 0.2) is 41.8 Å². The highest BCUT2D eigenvalue weighted by molar-refractivity contribution is 9.10. The first-order valence-electron chi connectivity index (χ1n) is 20.0. The first-order valence-corrected chi connectivity index (χ1v) is 21.6. The van der Waals surface area contributed by atoms with E-state index in [0.717, 1.165) is 49.1 Å². The molecule has 6 aromatic rings. The molecule has 62 heavy (non-hydrogen) atoms. The van der Waals surface area contributed by atoms with Gasteiger partial charge in [0, 0.05) is 30.3 Å². The number of hydrogen-bond donors (Lipinski definition) is 2. The SMILES string of the molecule is CC(C)(C)OC(=O)N1CCn2ncc(-c3cc4c(Cl)ncnc4[nH]3)c2C1.CC(C)(C)OC(=O)N1CCn2ncc(B3OC(C)(C)C(C)(C)O3)c2C1.Clc1ncnc2[nH]c(Br)cc12. The molecule has 3 aliphatic rings. The number of ether oxygens (including phenoxy) is 2. The Kier molecular flexibility index (Phi) is 12.5. The van der Waals surface area contributed by atoms with Crippen LogP contribution in [0, 0.1) is 0 Å². The molecule has 0 unspecified atom stereocenters. The number of amides is 2. The molecule has 22 heteroatoms. The van der Waals surface area contributed by atoms with Crippen molar-refractivity contribution in [1.82, 2.24) is 59.3 Å². The molecule has 0 aliphatic carbocycles. The van der Waals surface area contributed by atoms with Gasteiger partial charge in [-0.05, 0) is 97.3 Å². The molecule has 2 N–H and O–H groups in total. The summed E-state index contributed by atoms with van der Waals surface area (Å²) in [6.07, 6.45) is 5.80. The minimum Gasteiger partial charge on any atom is -0.444 e. The third-order valence-corrected chi connectivity index (χ3v) is 11.6. The van der Waals surface area contributed by atoms with Crippen molar-refractivity contribution in [2.45, 2.75) is 118 Å². The van der Waals surface area contributed by atoms with Crippen LogP contribution < -0.4 is 5.46 Å². The molecule has 0 spiro atoms. The number of halogens is 3. The third-order valence-electron chi connectivity index (χ3n) is 10.6. The fraction of sp³-hybridized carbons (Fsp3) is 0.500. The second-order valence-corrected chi connectivity index (χ2v) is 19.6. The molecule has 1 fully saturated rings. The van der Waals surface area contributed by atoms with Crippen LogP contribution in [0.1, 0.15) is 80.6 Å². The van der Waals surface area contributed by atoms with Gasteiger partial charge in [0.05, 0.1) is 76.0 Å². The van der Waals surface area contributed by atoms with Crippen LogP contribution in [0.2, 0.25) is 10.3 Å². The fourth-order valence-electron chi connectivity index (χ4n) is 6.80. The van der Waals surface area contributed by atoms with E-state index in [2.05, 4.69) is 56.0 Å². The highest BCUT2D eigenvalue weighted by Crippen LogP contribution is 2.37. The normalized spacial score (nSPS) is 16.9. The highest BCUT2D eigenvalue weighted by Gasteiger charge is 2.53. The molecule has 18 nitrogen and oxygen atoms in total. The van der Waals surface area contributed by atoms with Gasteiger partial charge in [0.25, 0.3) is 0 Å². The van der Waals surface area contributed by atoms with Gasteiger partial charge in [0.1, 0.15) is 45.5 Å². The largest absolute Gasteiger partial charge is 0.498 e. The molecule has 3 aliphatic heterocycles. The van der Waals surface area contributed by atoms with E-state index < -0.39 is 29.5 Å². The molecular weight excluding hydrogens is 906 g/mol. The van der Waals surface area contributed by atoms with Gasteiger partial charge < -0.3 is 38.6 Å². The predicted molar refractivity (Wildman–Crippen MR) is 238 cm³/mol. The maximum atomic E-state index is 12.4. The van der Waals surface area contributed by atoms with Crippen molar-refractivity contribution >= 4 is 86.0 Å². The van der Waals surface area contributed by atoms with E-state index in [4.69, 9.17) is 42.0 Å². The molecule has 9 heterocycles. The van der Waals surface area contributed by atoms with E-state index in [1.165, 1.54) is 12.7 Å². The zero-order chi connectivity index (χ0) is 44.9. The minimum atomic E-state index is -0.524. The second kappa shape index (κ2) is 17.1. The lowest BCUT2D eigenvalue weighted by Gasteiger charge is -2.32. The number of rotatable bonds is 2. The van der Waals surface area contributed by atoms with Crippen LogP contribution in [0.5, 0.6) is 0 Å². The van der Waals surface area contributed by atoms with E-state index in [1.54, 1.807) is 22.2 Å². The Morgan fingerprint density at radius 3 is 1.73 bits per heavy atom. The first-order chi connectivity index (χ1) is 29.0. The Morgan fingerprint density at radius 2 is 1.21 bits per heavy atom. The molecule has 0 atom stereocenters. The topological polar surface area (TPSA) is 196 Å². The van der Waals surface area contributed by atoms with Crippen molar-refractivity contribution in [3.05, 3.63) is 63.5 Å². The van der Waals surface area contributed by atoms with Gasteiger partial charge in [-0.3, -0.25) is 9.36 Å². The van der Waals surface area contributed by atoms with Crippen LogP contribution in [0.3, 0.4) is 0 Å². The summed E-state index contributed by atoms with van der Waals surface area (Å²) in [5.74, 6) is 0. The molecule has 6 aromatic heterocycles. The molecular formula is C40H50BBrCl2N12O6. The molecule has 0 aromatic carbocycles. The Bertz CT molecular complexity index is 2600. The Hall–Kier alpha value is -4.76.